The van der Waals surface area contributed by atoms with Crippen LogP contribution in [-0.2, 0) is 0 Å². The maximum Gasteiger partial charge on any atom is 0.214 e. The molecule has 2 nitrogen and oxygen atoms in total. The van der Waals surface area contributed by atoms with E-state index in [4.69, 9.17) is 0 Å². The molecule has 2 aliphatic carbocycles. The van der Waals surface area contributed by atoms with Gasteiger partial charge in [-0.2, -0.15) is 4.39 Å². The van der Waals surface area contributed by atoms with Gasteiger partial charge in [0.05, 0.1) is 0 Å². The first-order valence-electron chi connectivity index (χ1n) is 6.61. The third-order valence-electron chi connectivity index (χ3n) is 4.53. The third-order valence-corrected chi connectivity index (χ3v) is 4.53. The fourth-order valence-electron chi connectivity index (χ4n) is 3.74. The van der Waals surface area contributed by atoms with Crippen LogP contribution < -0.4 is 5.32 Å². The van der Waals surface area contributed by atoms with Crippen LogP contribution in [0, 0.1) is 23.7 Å². The highest BCUT2D eigenvalue weighted by Gasteiger charge is 2.41. The number of nitrogens with zero attached hydrogens (tertiary/aromatic N) is 1. The summed E-state index contributed by atoms with van der Waals surface area (Å²) in [6.45, 7) is 2.21. The molecule has 0 aliphatic heterocycles. The van der Waals surface area contributed by atoms with Crippen LogP contribution in [0.25, 0.3) is 0 Å². The number of halogens is 1. The van der Waals surface area contributed by atoms with Crippen LogP contribution in [0.15, 0.2) is 18.2 Å². The van der Waals surface area contributed by atoms with Crippen LogP contribution in [0.2, 0.25) is 0 Å². The monoisotopic (exact) mass is 234 g/mol. The molecule has 92 valence electrons. The van der Waals surface area contributed by atoms with E-state index in [-0.39, 0.29) is 0 Å². The van der Waals surface area contributed by atoms with Crippen LogP contribution >= 0.6 is 0 Å². The lowest BCUT2D eigenvalue weighted by atomic mass is 9.84. The quantitative estimate of drug-likeness (QED) is 0.810. The van der Waals surface area contributed by atoms with Gasteiger partial charge in [-0.25, -0.2) is 4.98 Å². The van der Waals surface area contributed by atoms with E-state index in [2.05, 4.69) is 17.2 Å². The predicted molar refractivity (Wildman–Crippen MR) is 66.2 cm³/mol. The molecule has 0 radical (unpaired) electrons. The molecule has 2 bridgehead atoms. The Kier molecular flexibility index (Phi) is 2.77. The highest BCUT2D eigenvalue weighted by Crippen LogP contribution is 2.49. The molecule has 4 unspecified atom stereocenters. The first-order chi connectivity index (χ1) is 8.22. The average Bonchev–Trinajstić information content (AvgIpc) is 2.90. The second kappa shape index (κ2) is 4.28. The summed E-state index contributed by atoms with van der Waals surface area (Å²) in [5.41, 5.74) is 0. The van der Waals surface area contributed by atoms with Crippen LogP contribution in [0.4, 0.5) is 10.2 Å². The van der Waals surface area contributed by atoms with Crippen molar-refractivity contribution in [1.29, 1.82) is 0 Å². The molecule has 1 aromatic rings. The lowest BCUT2D eigenvalue weighted by Gasteiger charge is -2.28. The third kappa shape index (κ3) is 2.15. The standard InChI is InChI=1S/C14H19FN2/c1-9(12-8-10-5-6-11(12)7-10)16-14-4-2-3-13(15)17-14/h2-4,9-12H,5-8H2,1H3,(H,16,17). The molecular formula is C14H19FN2. The van der Waals surface area contributed by atoms with E-state index in [0.717, 1.165) is 17.8 Å². The number of anilines is 1. The summed E-state index contributed by atoms with van der Waals surface area (Å²) < 4.78 is 13.0. The Morgan fingerprint density at radius 3 is 2.88 bits per heavy atom. The normalized spacial score (nSPS) is 32.7. The highest BCUT2D eigenvalue weighted by molar-refractivity contribution is 5.35. The van der Waals surface area contributed by atoms with Crippen molar-refractivity contribution in [3.05, 3.63) is 24.1 Å². The van der Waals surface area contributed by atoms with Gasteiger partial charge < -0.3 is 5.32 Å². The number of hydrogen-bond acceptors (Lipinski definition) is 2. The van der Waals surface area contributed by atoms with Crippen LogP contribution in [0.1, 0.15) is 32.6 Å². The molecule has 2 saturated carbocycles. The summed E-state index contributed by atoms with van der Waals surface area (Å²) in [6, 6.07) is 5.33. The Bertz CT molecular complexity index is 407. The van der Waals surface area contributed by atoms with E-state index in [1.54, 1.807) is 6.07 Å². The number of nitrogens with one attached hydrogen (secondary N) is 1. The Morgan fingerprint density at radius 2 is 2.24 bits per heavy atom. The molecule has 1 aromatic heterocycles. The molecule has 0 aromatic carbocycles. The molecule has 17 heavy (non-hydrogen) atoms. The van der Waals surface area contributed by atoms with Crippen molar-refractivity contribution in [3.8, 4) is 0 Å². The maximum atomic E-state index is 13.0. The van der Waals surface area contributed by atoms with Gasteiger partial charge in [-0.1, -0.05) is 12.5 Å². The Balaban J connectivity index is 1.65. The molecule has 2 aliphatic rings. The molecule has 2 fully saturated rings. The van der Waals surface area contributed by atoms with Crippen molar-refractivity contribution in [2.45, 2.75) is 38.6 Å². The first kappa shape index (κ1) is 11.0. The van der Waals surface area contributed by atoms with Crippen LogP contribution in [0.5, 0.6) is 0 Å². The molecule has 4 atom stereocenters. The topological polar surface area (TPSA) is 24.9 Å². The van der Waals surface area contributed by atoms with E-state index in [9.17, 15) is 4.39 Å². The van der Waals surface area contributed by atoms with Crippen molar-refractivity contribution in [3.63, 3.8) is 0 Å². The lowest BCUT2D eigenvalue weighted by molar-refractivity contribution is 0.304. The van der Waals surface area contributed by atoms with Gasteiger partial charge in [0.1, 0.15) is 5.82 Å². The molecule has 1 heterocycles. The fourth-order valence-corrected chi connectivity index (χ4v) is 3.74. The zero-order chi connectivity index (χ0) is 11.8. The van der Waals surface area contributed by atoms with E-state index < -0.39 is 5.95 Å². The number of aromatic nitrogens is 1. The van der Waals surface area contributed by atoms with Crippen molar-refractivity contribution >= 4 is 5.82 Å². The summed E-state index contributed by atoms with van der Waals surface area (Å²) in [5.74, 6) is 2.85. The zero-order valence-electron chi connectivity index (χ0n) is 10.2. The molecular weight excluding hydrogens is 215 g/mol. The number of hydrogen-bond donors (Lipinski definition) is 1. The number of fused-ring (bicyclic) bond motifs is 2. The van der Waals surface area contributed by atoms with Crippen LogP contribution in [-0.4, -0.2) is 11.0 Å². The SMILES string of the molecule is CC(Nc1cccc(F)n1)C1CC2CCC1C2. The average molecular weight is 234 g/mol. The van der Waals surface area contributed by atoms with E-state index >= 15 is 0 Å². The minimum absolute atomic E-state index is 0.402. The van der Waals surface area contributed by atoms with E-state index in [1.807, 2.05) is 6.07 Å². The largest absolute Gasteiger partial charge is 0.367 e. The second-order valence-corrected chi connectivity index (χ2v) is 5.62. The van der Waals surface area contributed by atoms with Crippen molar-refractivity contribution < 1.29 is 4.39 Å². The van der Waals surface area contributed by atoms with Gasteiger partial charge in [0.2, 0.25) is 5.95 Å². The molecule has 0 saturated heterocycles. The molecule has 1 N–H and O–H groups in total. The minimum Gasteiger partial charge on any atom is -0.367 e. The summed E-state index contributed by atoms with van der Waals surface area (Å²) >= 11 is 0. The number of rotatable bonds is 3. The van der Waals surface area contributed by atoms with Gasteiger partial charge in [-0.3, -0.25) is 0 Å². The summed E-state index contributed by atoms with van der Waals surface area (Å²) in [6.07, 6.45) is 5.56. The molecule has 3 heteroatoms. The van der Waals surface area contributed by atoms with Crippen LogP contribution in [0.3, 0.4) is 0 Å². The second-order valence-electron chi connectivity index (χ2n) is 5.62. The molecule has 0 amide bonds. The smallest absolute Gasteiger partial charge is 0.214 e. The van der Waals surface area contributed by atoms with Gasteiger partial charge in [-0.15, -0.1) is 0 Å². The van der Waals surface area contributed by atoms with Gasteiger partial charge in [0.25, 0.3) is 0 Å². The maximum absolute atomic E-state index is 13.0. The Labute approximate surface area is 102 Å². The van der Waals surface area contributed by atoms with Crippen molar-refractivity contribution in [1.82, 2.24) is 4.98 Å². The van der Waals surface area contributed by atoms with Gasteiger partial charge in [0, 0.05) is 6.04 Å². The number of pyridine rings is 1. The van der Waals surface area contributed by atoms with Gasteiger partial charge in [-0.05, 0) is 56.1 Å². The highest BCUT2D eigenvalue weighted by atomic mass is 19.1. The molecule has 0 spiro atoms. The predicted octanol–water partition coefficient (Wildman–Crippen LogP) is 3.46. The van der Waals surface area contributed by atoms with Gasteiger partial charge >= 0.3 is 0 Å². The summed E-state index contributed by atoms with van der Waals surface area (Å²) in [5, 5.41) is 3.36. The van der Waals surface area contributed by atoms with Gasteiger partial charge in [0.15, 0.2) is 0 Å². The fraction of sp³-hybridized carbons (Fsp3) is 0.643. The van der Waals surface area contributed by atoms with Crippen molar-refractivity contribution in [2.75, 3.05) is 5.32 Å². The Morgan fingerprint density at radius 1 is 1.35 bits per heavy atom. The van der Waals surface area contributed by atoms with Crippen molar-refractivity contribution in [2.24, 2.45) is 17.8 Å². The van der Waals surface area contributed by atoms with E-state index in [0.29, 0.717) is 11.9 Å². The Hall–Kier alpha value is -1.12. The zero-order valence-corrected chi connectivity index (χ0v) is 10.2. The molecule has 3 rings (SSSR count). The first-order valence-corrected chi connectivity index (χ1v) is 6.61. The lowest BCUT2D eigenvalue weighted by Crippen LogP contribution is -2.30. The summed E-state index contributed by atoms with van der Waals surface area (Å²) in [7, 11) is 0. The summed E-state index contributed by atoms with van der Waals surface area (Å²) in [4.78, 5) is 3.87. The van der Waals surface area contributed by atoms with E-state index in [1.165, 1.54) is 31.7 Å². The minimum atomic E-state index is -0.407.